The van der Waals surface area contributed by atoms with Crippen LogP contribution in [0.3, 0.4) is 0 Å². The third kappa shape index (κ3) is 4.18. The highest BCUT2D eigenvalue weighted by Gasteiger charge is 2.30. The molecule has 1 aliphatic heterocycles. The number of fused-ring (bicyclic) bond motifs is 1. The summed E-state index contributed by atoms with van der Waals surface area (Å²) in [5.74, 6) is 0.640. The lowest BCUT2D eigenvalue weighted by Gasteiger charge is -2.38. The molecule has 1 aliphatic rings. The van der Waals surface area contributed by atoms with Gasteiger partial charge in [-0.25, -0.2) is 14.8 Å². The predicted octanol–water partition coefficient (Wildman–Crippen LogP) is 4.12. The Bertz CT molecular complexity index is 806. The molecule has 0 bridgehead atoms. The van der Waals surface area contributed by atoms with Gasteiger partial charge < -0.3 is 14.5 Å². The van der Waals surface area contributed by atoms with Crippen molar-refractivity contribution in [2.45, 2.75) is 45.3 Å². The molecule has 1 atom stereocenters. The van der Waals surface area contributed by atoms with Crippen molar-refractivity contribution in [1.29, 1.82) is 0 Å². The van der Waals surface area contributed by atoms with Crippen LogP contribution >= 0.6 is 11.6 Å². The fraction of sp³-hybridized carbons (Fsp3) is 0.526. The molecule has 0 aliphatic carbocycles. The molecule has 0 saturated carbocycles. The summed E-state index contributed by atoms with van der Waals surface area (Å²) in [6.45, 7) is 6.92. The fourth-order valence-corrected chi connectivity index (χ4v) is 3.40. The average Bonchev–Trinajstić information content (AvgIpc) is 2.59. The number of para-hydroxylation sites is 2. The molecule has 1 fully saturated rings. The van der Waals surface area contributed by atoms with Crippen LogP contribution in [0.4, 0.5) is 10.6 Å². The molecule has 1 aromatic heterocycles. The number of carbonyl (C=O) groups excluding carboxylic acids is 1. The SMILES string of the molecule is CN(c1nc2ccccc2nc1Cl)C1CCCN(C(=O)OC(C)(C)C)C1. The van der Waals surface area contributed by atoms with E-state index in [-0.39, 0.29) is 12.1 Å². The zero-order chi connectivity index (χ0) is 18.9. The van der Waals surface area contributed by atoms with Gasteiger partial charge in [0.05, 0.1) is 11.0 Å². The van der Waals surface area contributed by atoms with Gasteiger partial charge in [-0.3, -0.25) is 0 Å². The molecule has 6 nitrogen and oxygen atoms in total. The Kier molecular flexibility index (Phi) is 5.23. The van der Waals surface area contributed by atoms with E-state index in [0.717, 1.165) is 23.9 Å². The molecule has 3 rings (SSSR count). The molecular formula is C19H25ClN4O2. The van der Waals surface area contributed by atoms with Gasteiger partial charge in [0, 0.05) is 26.2 Å². The maximum atomic E-state index is 12.4. The number of ether oxygens (including phenoxy) is 1. The van der Waals surface area contributed by atoms with Crippen LogP contribution in [0.5, 0.6) is 0 Å². The number of rotatable bonds is 2. The Balaban J connectivity index is 1.78. The lowest BCUT2D eigenvalue weighted by atomic mass is 10.0. The maximum absolute atomic E-state index is 12.4. The minimum absolute atomic E-state index is 0.115. The first-order chi connectivity index (χ1) is 12.2. The van der Waals surface area contributed by atoms with Gasteiger partial charge in [-0.15, -0.1) is 0 Å². The van der Waals surface area contributed by atoms with Crippen molar-refractivity contribution < 1.29 is 9.53 Å². The topological polar surface area (TPSA) is 58.6 Å². The second kappa shape index (κ2) is 7.27. The highest BCUT2D eigenvalue weighted by molar-refractivity contribution is 6.32. The van der Waals surface area contributed by atoms with Gasteiger partial charge in [-0.1, -0.05) is 23.7 Å². The fourth-order valence-electron chi connectivity index (χ4n) is 3.13. The summed E-state index contributed by atoms with van der Waals surface area (Å²) in [5, 5.41) is 0.376. The van der Waals surface area contributed by atoms with E-state index in [9.17, 15) is 4.79 Å². The molecule has 26 heavy (non-hydrogen) atoms. The number of piperidine rings is 1. The third-order valence-corrected chi connectivity index (χ3v) is 4.69. The van der Waals surface area contributed by atoms with Crippen LogP contribution in [-0.4, -0.2) is 52.7 Å². The van der Waals surface area contributed by atoms with Crippen LogP contribution in [0.1, 0.15) is 33.6 Å². The number of nitrogens with zero attached hydrogens (tertiary/aromatic N) is 4. The Labute approximate surface area is 159 Å². The van der Waals surface area contributed by atoms with E-state index >= 15 is 0 Å². The van der Waals surface area contributed by atoms with Crippen molar-refractivity contribution in [1.82, 2.24) is 14.9 Å². The van der Waals surface area contributed by atoms with E-state index < -0.39 is 5.60 Å². The molecule has 0 N–H and O–H groups in total. The van der Waals surface area contributed by atoms with Gasteiger partial charge in [-0.05, 0) is 45.7 Å². The number of anilines is 1. The van der Waals surface area contributed by atoms with Crippen molar-refractivity contribution in [3.05, 3.63) is 29.4 Å². The van der Waals surface area contributed by atoms with Crippen LogP contribution < -0.4 is 4.90 Å². The van der Waals surface area contributed by atoms with Crippen LogP contribution in [-0.2, 0) is 4.74 Å². The van der Waals surface area contributed by atoms with Gasteiger partial charge in [0.1, 0.15) is 5.60 Å². The summed E-state index contributed by atoms with van der Waals surface area (Å²) in [6, 6.07) is 7.77. The first-order valence-electron chi connectivity index (χ1n) is 8.87. The second-order valence-electron chi connectivity index (χ2n) is 7.66. The molecule has 0 radical (unpaired) electrons. The Hall–Kier alpha value is -2.08. The van der Waals surface area contributed by atoms with E-state index in [0.29, 0.717) is 24.1 Å². The zero-order valence-corrected chi connectivity index (χ0v) is 16.5. The number of halogens is 1. The van der Waals surface area contributed by atoms with Crippen LogP contribution in [0, 0.1) is 0 Å². The van der Waals surface area contributed by atoms with E-state index in [2.05, 4.69) is 9.97 Å². The van der Waals surface area contributed by atoms with Gasteiger partial charge in [0.2, 0.25) is 0 Å². The molecule has 1 aromatic carbocycles. The molecule has 1 saturated heterocycles. The van der Waals surface area contributed by atoms with E-state index in [4.69, 9.17) is 16.3 Å². The number of aromatic nitrogens is 2. The number of hydrogen-bond acceptors (Lipinski definition) is 5. The Morgan fingerprint density at radius 2 is 1.92 bits per heavy atom. The van der Waals surface area contributed by atoms with E-state index in [1.807, 2.05) is 57.0 Å². The lowest BCUT2D eigenvalue weighted by molar-refractivity contribution is 0.0199. The molecule has 1 amide bonds. The van der Waals surface area contributed by atoms with Gasteiger partial charge in [0.15, 0.2) is 11.0 Å². The highest BCUT2D eigenvalue weighted by atomic mass is 35.5. The molecule has 0 spiro atoms. The first-order valence-corrected chi connectivity index (χ1v) is 9.25. The normalized spacial score (nSPS) is 18.0. The number of carbonyl (C=O) groups is 1. The third-order valence-electron chi connectivity index (χ3n) is 4.44. The number of amides is 1. The predicted molar refractivity (Wildman–Crippen MR) is 104 cm³/mol. The van der Waals surface area contributed by atoms with Crippen LogP contribution in [0.15, 0.2) is 24.3 Å². The molecule has 1 unspecified atom stereocenters. The first kappa shape index (κ1) is 18.7. The van der Waals surface area contributed by atoms with Gasteiger partial charge >= 0.3 is 6.09 Å². The number of hydrogen-bond donors (Lipinski definition) is 0. The lowest BCUT2D eigenvalue weighted by Crippen LogP contribution is -2.50. The quantitative estimate of drug-likeness (QED) is 0.789. The van der Waals surface area contributed by atoms with Gasteiger partial charge in [0.25, 0.3) is 0 Å². The number of benzene rings is 1. The summed E-state index contributed by atoms with van der Waals surface area (Å²) in [5.41, 5.74) is 1.08. The Morgan fingerprint density at radius 1 is 1.27 bits per heavy atom. The average molecular weight is 377 g/mol. The standard InChI is InChI=1S/C19H25ClN4O2/c1-19(2,3)26-18(25)24-11-7-8-13(12-24)23(4)17-16(20)21-14-9-5-6-10-15(14)22-17/h5-6,9-10,13H,7-8,11-12H2,1-4H3. The van der Waals surface area contributed by atoms with Crippen molar-refractivity contribution in [3.63, 3.8) is 0 Å². The Morgan fingerprint density at radius 3 is 2.58 bits per heavy atom. The monoisotopic (exact) mass is 376 g/mol. The summed E-state index contributed by atoms with van der Waals surface area (Å²) in [7, 11) is 1.95. The zero-order valence-electron chi connectivity index (χ0n) is 15.7. The second-order valence-corrected chi connectivity index (χ2v) is 8.02. The minimum atomic E-state index is -0.497. The minimum Gasteiger partial charge on any atom is -0.444 e. The van der Waals surface area contributed by atoms with Crippen LogP contribution in [0.25, 0.3) is 11.0 Å². The highest BCUT2D eigenvalue weighted by Crippen LogP contribution is 2.28. The van der Waals surface area contributed by atoms with Crippen molar-refractivity contribution in [2.24, 2.45) is 0 Å². The van der Waals surface area contributed by atoms with Crippen LogP contribution in [0.2, 0.25) is 5.15 Å². The molecule has 7 heteroatoms. The number of likely N-dealkylation sites (N-methyl/N-ethyl adjacent to an activating group) is 1. The van der Waals surface area contributed by atoms with Crippen molar-refractivity contribution in [3.8, 4) is 0 Å². The number of likely N-dealkylation sites (tertiary alicyclic amines) is 1. The van der Waals surface area contributed by atoms with Gasteiger partial charge in [-0.2, -0.15) is 0 Å². The largest absolute Gasteiger partial charge is 0.444 e. The van der Waals surface area contributed by atoms with E-state index in [1.54, 1.807) is 4.90 Å². The molecular weight excluding hydrogens is 352 g/mol. The summed E-state index contributed by atoms with van der Waals surface area (Å²) in [4.78, 5) is 25.3. The van der Waals surface area contributed by atoms with E-state index in [1.165, 1.54) is 0 Å². The summed E-state index contributed by atoms with van der Waals surface area (Å²) in [6.07, 6.45) is 1.60. The molecule has 2 heterocycles. The van der Waals surface area contributed by atoms with Crippen molar-refractivity contribution >= 4 is 34.5 Å². The summed E-state index contributed by atoms with van der Waals surface area (Å²) < 4.78 is 5.51. The molecule has 2 aromatic rings. The van der Waals surface area contributed by atoms with Crippen molar-refractivity contribution in [2.75, 3.05) is 25.0 Å². The maximum Gasteiger partial charge on any atom is 0.410 e. The summed E-state index contributed by atoms with van der Waals surface area (Å²) >= 11 is 6.38. The smallest absolute Gasteiger partial charge is 0.410 e. The molecule has 140 valence electrons.